The van der Waals surface area contributed by atoms with Gasteiger partial charge in [0.2, 0.25) is 5.91 Å². The van der Waals surface area contributed by atoms with Gasteiger partial charge in [-0.3, -0.25) is 14.5 Å². The maximum absolute atomic E-state index is 12.6. The van der Waals surface area contributed by atoms with Crippen LogP contribution in [0, 0.1) is 0 Å². The Labute approximate surface area is 156 Å². The van der Waals surface area contributed by atoms with Crippen LogP contribution in [0.25, 0.3) is 0 Å². The van der Waals surface area contributed by atoms with E-state index in [0.717, 1.165) is 0 Å². The van der Waals surface area contributed by atoms with Gasteiger partial charge in [-0.25, -0.2) is 4.79 Å². The van der Waals surface area contributed by atoms with Crippen LogP contribution >= 0.6 is 0 Å². The lowest BCUT2D eigenvalue weighted by molar-refractivity contribution is -0.127. The lowest BCUT2D eigenvalue weighted by Crippen LogP contribution is -2.47. The number of hydrogen-bond donors (Lipinski definition) is 1. The summed E-state index contributed by atoms with van der Waals surface area (Å²) in [6.45, 7) is 3.39. The molecule has 7 nitrogen and oxygen atoms in total. The van der Waals surface area contributed by atoms with Crippen LogP contribution in [0.1, 0.15) is 24.2 Å². The number of nitrogens with one attached hydrogen (secondary N) is 1. The van der Waals surface area contributed by atoms with Crippen LogP contribution in [0.15, 0.2) is 48.5 Å². The average molecular weight is 368 g/mol. The number of anilines is 2. The molecule has 0 radical (unpaired) electrons. The van der Waals surface area contributed by atoms with E-state index < -0.39 is 18.0 Å². The Morgan fingerprint density at radius 2 is 1.85 bits per heavy atom. The number of ether oxygens (including phenoxy) is 2. The molecule has 1 aliphatic rings. The molecule has 0 spiro atoms. The molecule has 0 fully saturated rings. The second-order valence-corrected chi connectivity index (χ2v) is 5.97. The number of carbonyl (C=O) groups is 3. The molecule has 2 aromatic rings. The zero-order valence-electron chi connectivity index (χ0n) is 15.1. The van der Waals surface area contributed by atoms with Crippen molar-refractivity contribution in [3.8, 4) is 5.75 Å². The molecule has 1 N–H and O–H groups in total. The topological polar surface area (TPSA) is 84.9 Å². The summed E-state index contributed by atoms with van der Waals surface area (Å²) in [5.74, 6) is -0.703. The average Bonchev–Trinajstić information content (AvgIpc) is 2.66. The second-order valence-electron chi connectivity index (χ2n) is 5.97. The van der Waals surface area contributed by atoms with Crippen molar-refractivity contribution in [1.29, 1.82) is 0 Å². The number of amides is 2. The molecule has 1 aliphatic heterocycles. The minimum Gasteiger partial charge on any atom is -0.479 e. The summed E-state index contributed by atoms with van der Waals surface area (Å²) >= 11 is 0. The van der Waals surface area contributed by atoms with Gasteiger partial charge in [0.25, 0.3) is 5.91 Å². The molecule has 2 aromatic carbocycles. The van der Waals surface area contributed by atoms with Crippen molar-refractivity contribution in [1.82, 2.24) is 0 Å². The van der Waals surface area contributed by atoms with E-state index in [2.05, 4.69) is 5.32 Å². The van der Waals surface area contributed by atoms with Crippen LogP contribution in [0.2, 0.25) is 0 Å². The Morgan fingerprint density at radius 3 is 2.63 bits per heavy atom. The molecular formula is C20H20N2O5. The maximum atomic E-state index is 12.6. The third-order valence-electron chi connectivity index (χ3n) is 4.07. The standard InChI is InChI=1S/C20H20N2O5/c1-3-26-20(25)14-8-4-5-9-15(14)21-18(23)12-22-16-10-6-7-11-17(16)27-13(2)19(22)24/h4-11,13H,3,12H2,1-2H3,(H,21,23). The summed E-state index contributed by atoms with van der Waals surface area (Å²) in [6, 6.07) is 13.6. The first-order valence-electron chi connectivity index (χ1n) is 8.64. The SMILES string of the molecule is CCOC(=O)c1ccccc1NC(=O)CN1C(=O)C(C)Oc2ccccc21. The lowest BCUT2D eigenvalue weighted by atomic mass is 10.1. The Morgan fingerprint density at radius 1 is 1.15 bits per heavy atom. The first-order valence-corrected chi connectivity index (χ1v) is 8.64. The van der Waals surface area contributed by atoms with E-state index in [-0.39, 0.29) is 24.6 Å². The highest BCUT2D eigenvalue weighted by Gasteiger charge is 2.32. The lowest BCUT2D eigenvalue weighted by Gasteiger charge is -2.32. The van der Waals surface area contributed by atoms with E-state index in [1.165, 1.54) is 4.90 Å². The van der Waals surface area contributed by atoms with Crippen LogP contribution < -0.4 is 15.0 Å². The molecule has 0 aromatic heterocycles. The third kappa shape index (κ3) is 3.92. The number of benzene rings is 2. The fraction of sp³-hybridized carbons (Fsp3) is 0.250. The number of esters is 1. The van der Waals surface area contributed by atoms with E-state index in [0.29, 0.717) is 17.1 Å². The summed E-state index contributed by atoms with van der Waals surface area (Å²) < 4.78 is 10.6. The minimum absolute atomic E-state index is 0.194. The van der Waals surface area contributed by atoms with Crippen molar-refractivity contribution in [2.75, 3.05) is 23.4 Å². The normalized spacial score (nSPS) is 15.6. The van der Waals surface area contributed by atoms with E-state index in [9.17, 15) is 14.4 Å². The Kier molecular flexibility index (Phi) is 5.40. The van der Waals surface area contributed by atoms with Gasteiger partial charge >= 0.3 is 5.97 Å². The van der Waals surface area contributed by atoms with E-state index >= 15 is 0 Å². The van der Waals surface area contributed by atoms with Crippen molar-refractivity contribution >= 4 is 29.2 Å². The van der Waals surface area contributed by atoms with Gasteiger partial charge in [0, 0.05) is 0 Å². The third-order valence-corrected chi connectivity index (χ3v) is 4.07. The smallest absolute Gasteiger partial charge is 0.340 e. The van der Waals surface area contributed by atoms with E-state index in [4.69, 9.17) is 9.47 Å². The molecule has 7 heteroatoms. The first-order chi connectivity index (χ1) is 13.0. The van der Waals surface area contributed by atoms with Crippen molar-refractivity contribution in [2.45, 2.75) is 20.0 Å². The summed E-state index contributed by atoms with van der Waals surface area (Å²) in [6.07, 6.45) is -0.681. The maximum Gasteiger partial charge on any atom is 0.340 e. The number of fused-ring (bicyclic) bond motifs is 1. The van der Waals surface area contributed by atoms with Gasteiger partial charge in [0.15, 0.2) is 6.10 Å². The number of hydrogen-bond acceptors (Lipinski definition) is 5. The molecule has 27 heavy (non-hydrogen) atoms. The van der Waals surface area contributed by atoms with Crippen molar-refractivity contribution in [2.24, 2.45) is 0 Å². The van der Waals surface area contributed by atoms with Crippen molar-refractivity contribution < 1.29 is 23.9 Å². The summed E-state index contributed by atoms with van der Waals surface area (Å²) in [7, 11) is 0. The molecule has 2 amide bonds. The molecule has 140 valence electrons. The molecule has 3 rings (SSSR count). The Bertz CT molecular complexity index is 880. The molecule has 1 atom stereocenters. The molecule has 1 unspecified atom stereocenters. The summed E-state index contributed by atoms with van der Waals surface area (Å²) in [4.78, 5) is 38.5. The fourth-order valence-corrected chi connectivity index (χ4v) is 2.83. The summed E-state index contributed by atoms with van der Waals surface area (Å²) in [5.41, 5.74) is 1.13. The first kappa shape index (κ1) is 18.4. The summed E-state index contributed by atoms with van der Waals surface area (Å²) in [5, 5.41) is 2.69. The monoisotopic (exact) mass is 368 g/mol. The zero-order chi connectivity index (χ0) is 19.4. The van der Waals surface area contributed by atoms with Crippen LogP contribution in [0.3, 0.4) is 0 Å². The zero-order valence-corrected chi connectivity index (χ0v) is 15.1. The van der Waals surface area contributed by atoms with Crippen LogP contribution in [-0.2, 0) is 14.3 Å². The van der Waals surface area contributed by atoms with Gasteiger partial charge in [-0.1, -0.05) is 24.3 Å². The van der Waals surface area contributed by atoms with Gasteiger partial charge in [0.1, 0.15) is 12.3 Å². The molecule has 0 saturated heterocycles. The number of rotatable bonds is 5. The highest BCUT2D eigenvalue weighted by molar-refractivity contribution is 6.07. The van der Waals surface area contributed by atoms with Gasteiger partial charge in [-0.05, 0) is 38.1 Å². The van der Waals surface area contributed by atoms with Crippen LogP contribution in [0.4, 0.5) is 11.4 Å². The van der Waals surface area contributed by atoms with Gasteiger partial charge in [-0.2, -0.15) is 0 Å². The van der Waals surface area contributed by atoms with Crippen molar-refractivity contribution in [3.05, 3.63) is 54.1 Å². The minimum atomic E-state index is -0.681. The van der Waals surface area contributed by atoms with E-state index in [1.807, 2.05) is 0 Å². The van der Waals surface area contributed by atoms with E-state index in [1.54, 1.807) is 62.4 Å². The molecule has 0 bridgehead atoms. The Balaban J connectivity index is 1.79. The highest BCUT2D eigenvalue weighted by atomic mass is 16.5. The number of carbonyl (C=O) groups excluding carboxylic acids is 3. The van der Waals surface area contributed by atoms with Gasteiger partial charge in [0.05, 0.1) is 23.5 Å². The van der Waals surface area contributed by atoms with Gasteiger partial charge < -0.3 is 14.8 Å². The van der Waals surface area contributed by atoms with Crippen LogP contribution in [-0.4, -0.2) is 37.0 Å². The highest BCUT2D eigenvalue weighted by Crippen LogP contribution is 2.33. The largest absolute Gasteiger partial charge is 0.479 e. The molecule has 1 heterocycles. The van der Waals surface area contributed by atoms with Crippen molar-refractivity contribution in [3.63, 3.8) is 0 Å². The Hall–Kier alpha value is -3.35. The predicted molar refractivity (Wildman–Crippen MR) is 99.9 cm³/mol. The van der Waals surface area contributed by atoms with Crippen LogP contribution in [0.5, 0.6) is 5.75 Å². The number of para-hydroxylation sites is 3. The molecular weight excluding hydrogens is 348 g/mol. The predicted octanol–water partition coefficient (Wildman–Crippen LogP) is 2.62. The quantitative estimate of drug-likeness (QED) is 0.820. The molecule has 0 aliphatic carbocycles. The van der Waals surface area contributed by atoms with Gasteiger partial charge in [-0.15, -0.1) is 0 Å². The number of nitrogens with zero attached hydrogens (tertiary/aromatic N) is 1. The molecule has 0 saturated carbocycles. The second kappa shape index (κ2) is 7.90. The fourth-order valence-electron chi connectivity index (χ4n) is 2.83.